The van der Waals surface area contributed by atoms with Crippen molar-refractivity contribution in [1.82, 2.24) is 0 Å². The van der Waals surface area contributed by atoms with Crippen LogP contribution in [0.15, 0.2) is 0 Å². The number of hydrogen-bond donors (Lipinski definition) is 0. The highest BCUT2D eigenvalue weighted by atomic mass is 17.2. The molecule has 2 unspecified atom stereocenters. The summed E-state index contributed by atoms with van der Waals surface area (Å²) in [6.07, 6.45) is 6.35. The number of ether oxygens (including phenoxy) is 1. The predicted octanol–water partition coefficient (Wildman–Crippen LogP) is 2.69. The molecule has 1 fully saturated rings. The molecule has 84 valence electrons. The minimum Gasteiger partial charge on any atom is -0.370 e. The monoisotopic (exact) mass is 202 g/mol. The Kier molecular flexibility index (Phi) is 6.15. The molecule has 1 saturated heterocycles. The van der Waals surface area contributed by atoms with Crippen LogP contribution in [-0.4, -0.2) is 25.4 Å². The van der Waals surface area contributed by atoms with Gasteiger partial charge in [-0.15, -0.1) is 0 Å². The van der Waals surface area contributed by atoms with Gasteiger partial charge in [0.2, 0.25) is 0 Å². The van der Waals surface area contributed by atoms with Crippen molar-refractivity contribution in [2.24, 2.45) is 0 Å². The van der Waals surface area contributed by atoms with Gasteiger partial charge in [0.05, 0.1) is 12.7 Å². The lowest BCUT2D eigenvalue weighted by Crippen LogP contribution is -2.15. The number of hydrogen-bond acceptors (Lipinski definition) is 3. The fraction of sp³-hybridized carbons (Fsp3) is 1.00. The van der Waals surface area contributed by atoms with Gasteiger partial charge in [-0.25, -0.2) is 9.78 Å². The van der Waals surface area contributed by atoms with Gasteiger partial charge < -0.3 is 4.74 Å². The van der Waals surface area contributed by atoms with Crippen LogP contribution >= 0.6 is 0 Å². The summed E-state index contributed by atoms with van der Waals surface area (Å²) >= 11 is 0. The fourth-order valence-corrected chi connectivity index (χ4v) is 1.37. The molecular formula is C11H22O3. The van der Waals surface area contributed by atoms with Gasteiger partial charge in [-0.1, -0.05) is 33.1 Å². The third-order valence-electron chi connectivity index (χ3n) is 2.35. The molecule has 1 aliphatic rings. The molecule has 0 spiro atoms. The van der Waals surface area contributed by atoms with Gasteiger partial charge >= 0.3 is 0 Å². The second-order valence-electron chi connectivity index (χ2n) is 3.89. The fourth-order valence-electron chi connectivity index (χ4n) is 1.37. The van der Waals surface area contributed by atoms with Gasteiger partial charge in [0.15, 0.2) is 0 Å². The van der Waals surface area contributed by atoms with E-state index < -0.39 is 0 Å². The molecule has 0 aliphatic carbocycles. The Morgan fingerprint density at radius 1 is 1.29 bits per heavy atom. The van der Waals surface area contributed by atoms with Crippen LogP contribution in [-0.2, 0) is 14.5 Å². The molecule has 1 rings (SSSR count). The number of rotatable bonds is 9. The van der Waals surface area contributed by atoms with Gasteiger partial charge in [0, 0.05) is 0 Å². The Labute approximate surface area is 86.7 Å². The van der Waals surface area contributed by atoms with E-state index in [-0.39, 0.29) is 6.10 Å². The quantitative estimate of drug-likeness (QED) is 0.327. The van der Waals surface area contributed by atoms with Gasteiger partial charge in [-0.3, -0.25) is 0 Å². The van der Waals surface area contributed by atoms with Crippen molar-refractivity contribution in [2.75, 3.05) is 13.2 Å². The molecule has 0 aromatic heterocycles. The van der Waals surface area contributed by atoms with Crippen LogP contribution in [0.2, 0.25) is 0 Å². The lowest BCUT2D eigenvalue weighted by Gasteiger charge is -2.14. The normalized spacial score (nSPS) is 22.3. The molecule has 3 heteroatoms. The van der Waals surface area contributed by atoms with E-state index in [0.717, 1.165) is 25.9 Å². The molecule has 0 saturated carbocycles. The molecular weight excluding hydrogens is 180 g/mol. The molecule has 0 amide bonds. The molecule has 0 N–H and O–H groups in total. The average molecular weight is 202 g/mol. The van der Waals surface area contributed by atoms with Crippen molar-refractivity contribution >= 4 is 0 Å². The maximum absolute atomic E-state index is 5.36. The first-order valence-electron chi connectivity index (χ1n) is 5.76. The molecule has 0 aromatic carbocycles. The summed E-state index contributed by atoms with van der Waals surface area (Å²) < 4.78 is 5.03. The minimum atomic E-state index is 0.277. The smallest absolute Gasteiger partial charge is 0.111 e. The summed E-state index contributed by atoms with van der Waals surface area (Å²) in [5.41, 5.74) is 0. The van der Waals surface area contributed by atoms with E-state index in [2.05, 4.69) is 13.8 Å². The van der Waals surface area contributed by atoms with Crippen LogP contribution in [0.25, 0.3) is 0 Å². The minimum absolute atomic E-state index is 0.277. The molecule has 0 aromatic rings. The van der Waals surface area contributed by atoms with Gasteiger partial charge in [0.25, 0.3) is 0 Å². The summed E-state index contributed by atoms with van der Waals surface area (Å²) in [7, 11) is 0. The molecule has 1 aliphatic heterocycles. The molecule has 2 atom stereocenters. The van der Waals surface area contributed by atoms with E-state index in [0.29, 0.717) is 12.7 Å². The summed E-state index contributed by atoms with van der Waals surface area (Å²) in [4.78, 5) is 10.5. The van der Waals surface area contributed by atoms with Crippen molar-refractivity contribution in [3.05, 3.63) is 0 Å². The predicted molar refractivity (Wildman–Crippen MR) is 55.0 cm³/mol. The maximum atomic E-state index is 5.36. The number of epoxide rings is 1. The molecule has 14 heavy (non-hydrogen) atoms. The highest BCUT2D eigenvalue weighted by Gasteiger charge is 2.23. The Hall–Kier alpha value is -0.120. The van der Waals surface area contributed by atoms with E-state index in [4.69, 9.17) is 14.5 Å². The first-order valence-corrected chi connectivity index (χ1v) is 5.76. The number of unbranched alkanes of at least 4 members (excludes halogenated alkanes) is 1. The SMILES string of the molecule is CCCCC(CCC)OOCC1CO1. The van der Waals surface area contributed by atoms with E-state index in [1.54, 1.807) is 0 Å². The highest BCUT2D eigenvalue weighted by molar-refractivity contribution is 4.66. The molecule has 0 radical (unpaired) electrons. The van der Waals surface area contributed by atoms with Crippen LogP contribution in [0.3, 0.4) is 0 Å². The summed E-state index contributed by atoms with van der Waals surface area (Å²) in [5.74, 6) is 0. The van der Waals surface area contributed by atoms with E-state index in [9.17, 15) is 0 Å². The third-order valence-corrected chi connectivity index (χ3v) is 2.35. The van der Waals surface area contributed by atoms with Crippen LogP contribution in [0.1, 0.15) is 46.0 Å². The standard InChI is InChI=1S/C11H22O3/c1-3-5-7-10(6-4-2)14-13-9-11-8-12-11/h10-11H,3-9H2,1-2H3. The lowest BCUT2D eigenvalue weighted by molar-refractivity contribution is -0.327. The zero-order valence-electron chi connectivity index (χ0n) is 9.33. The Morgan fingerprint density at radius 2 is 2.07 bits per heavy atom. The van der Waals surface area contributed by atoms with Gasteiger partial charge in [-0.05, 0) is 12.8 Å². The Bertz CT molecular complexity index is 134. The zero-order chi connectivity index (χ0) is 10.2. The van der Waals surface area contributed by atoms with Crippen molar-refractivity contribution < 1.29 is 14.5 Å². The van der Waals surface area contributed by atoms with E-state index in [1.165, 1.54) is 12.8 Å². The van der Waals surface area contributed by atoms with Crippen molar-refractivity contribution in [1.29, 1.82) is 0 Å². The van der Waals surface area contributed by atoms with Crippen molar-refractivity contribution in [3.8, 4) is 0 Å². The first kappa shape index (κ1) is 12.0. The van der Waals surface area contributed by atoms with Crippen LogP contribution in [0.5, 0.6) is 0 Å². The Morgan fingerprint density at radius 3 is 2.64 bits per heavy atom. The molecule has 0 bridgehead atoms. The van der Waals surface area contributed by atoms with Gasteiger partial charge in [-0.2, -0.15) is 0 Å². The second kappa shape index (κ2) is 7.21. The van der Waals surface area contributed by atoms with Crippen LogP contribution < -0.4 is 0 Å². The molecule has 1 heterocycles. The van der Waals surface area contributed by atoms with Crippen molar-refractivity contribution in [2.45, 2.75) is 58.2 Å². The average Bonchev–Trinajstić information content (AvgIpc) is 2.98. The van der Waals surface area contributed by atoms with E-state index in [1.807, 2.05) is 0 Å². The topological polar surface area (TPSA) is 31.0 Å². The highest BCUT2D eigenvalue weighted by Crippen LogP contribution is 2.14. The maximum Gasteiger partial charge on any atom is 0.111 e. The summed E-state index contributed by atoms with van der Waals surface area (Å²) in [6.45, 7) is 5.79. The third kappa shape index (κ3) is 5.58. The first-order chi connectivity index (χ1) is 6.86. The van der Waals surface area contributed by atoms with E-state index >= 15 is 0 Å². The Balaban J connectivity index is 1.99. The zero-order valence-corrected chi connectivity index (χ0v) is 9.33. The second-order valence-corrected chi connectivity index (χ2v) is 3.89. The van der Waals surface area contributed by atoms with Crippen LogP contribution in [0.4, 0.5) is 0 Å². The van der Waals surface area contributed by atoms with Crippen LogP contribution in [0, 0.1) is 0 Å². The lowest BCUT2D eigenvalue weighted by atomic mass is 10.1. The molecule has 3 nitrogen and oxygen atoms in total. The summed E-state index contributed by atoms with van der Waals surface area (Å²) in [6, 6.07) is 0. The van der Waals surface area contributed by atoms with Crippen molar-refractivity contribution in [3.63, 3.8) is 0 Å². The largest absolute Gasteiger partial charge is 0.370 e. The van der Waals surface area contributed by atoms with Gasteiger partial charge in [0.1, 0.15) is 12.7 Å². The summed E-state index contributed by atoms with van der Waals surface area (Å²) in [5, 5.41) is 0.